The summed E-state index contributed by atoms with van der Waals surface area (Å²) in [5, 5.41) is 3.91. The average molecular weight is 350 g/mol. The van der Waals surface area contributed by atoms with Crippen LogP contribution in [0.15, 0.2) is 24.3 Å². The molecule has 0 saturated carbocycles. The van der Waals surface area contributed by atoms with Gasteiger partial charge in [0.1, 0.15) is 0 Å². The van der Waals surface area contributed by atoms with Crippen molar-refractivity contribution in [3.8, 4) is 0 Å². The molecule has 5 heteroatoms. The summed E-state index contributed by atoms with van der Waals surface area (Å²) >= 11 is 5.95. The lowest BCUT2D eigenvalue weighted by Gasteiger charge is -2.37. The molecule has 0 aliphatic carbocycles. The van der Waals surface area contributed by atoms with Crippen LogP contribution in [0.2, 0.25) is 5.02 Å². The molecule has 0 bridgehead atoms. The third-order valence-corrected chi connectivity index (χ3v) is 5.68. The van der Waals surface area contributed by atoms with Crippen molar-refractivity contribution < 1.29 is 4.79 Å². The van der Waals surface area contributed by atoms with E-state index in [2.05, 4.69) is 36.2 Å². The first-order chi connectivity index (χ1) is 11.4. The van der Waals surface area contributed by atoms with Crippen molar-refractivity contribution in [1.29, 1.82) is 0 Å². The van der Waals surface area contributed by atoms with Crippen LogP contribution in [0.4, 0.5) is 10.5 Å². The van der Waals surface area contributed by atoms with Crippen molar-refractivity contribution in [3.63, 3.8) is 0 Å². The molecular weight excluding hydrogens is 322 g/mol. The van der Waals surface area contributed by atoms with Gasteiger partial charge in [-0.15, -0.1) is 0 Å². The third kappa shape index (κ3) is 4.35. The first-order valence-electron chi connectivity index (χ1n) is 8.96. The largest absolute Gasteiger partial charge is 0.371 e. The molecule has 24 heavy (non-hydrogen) atoms. The lowest BCUT2D eigenvalue weighted by molar-refractivity contribution is 0.139. The molecule has 1 aromatic carbocycles. The van der Waals surface area contributed by atoms with Gasteiger partial charge >= 0.3 is 6.03 Å². The van der Waals surface area contributed by atoms with E-state index in [-0.39, 0.29) is 6.03 Å². The van der Waals surface area contributed by atoms with E-state index in [1.54, 1.807) is 0 Å². The minimum Gasteiger partial charge on any atom is -0.371 e. The van der Waals surface area contributed by atoms with Crippen molar-refractivity contribution in [1.82, 2.24) is 10.2 Å². The van der Waals surface area contributed by atoms with E-state index >= 15 is 0 Å². The Kier molecular flexibility index (Phi) is 5.24. The number of nitrogens with zero attached hydrogens (tertiary/aromatic N) is 2. The predicted octanol–water partition coefficient (Wildman–Crippen LogP) is 4.00. The summed E-state index contributed by atoms with van der Waals surface area (Å²) < 4.78 is 0. The summed E-state index contributed by atoms with van der Waals surface area (Å²) in [4.78, 5) is 16.7. The van der Waals surface area contributed by atoms with Crippen molar-refractivity contribution in [3.05, 3.63) is 29.3 Å². The highest BCUT2D eigenvalue weighted by Crippen LogP contribution is 2.29. The zero-order valence-corrected chi connectivity index (χ0v) is 15.5. The SMILES string of the molecule is CC1(C)CCN(C(=O)NCC2CCN(c3ccc(Cl)cc3)C2)CC1. The van der Waals surface area contributed by atoms with Gasteiger partial charge in [-0.2, -0.15) is 0 Å². The monoisotopic (exact) mass is 349 g/mol. The molecule has 2 aliphatic rings. The zero-order valence-electron chi connectivity index (χ0n) is 14.7. The average Bonchev–Trinajstić information content (AvgIpc) is 3.02. The Bertz CT molecular complexity index is 562. The Morgan fingerprint density at radius 3 is 2.54 bits per heavy atom. The number of hydrogen-bond acceptors (Lipinski definition) is 2. The number of halogens is 1. The topological polar surface area (TPSA) is 35.6 Å². The van der Waals surface area contributed by atoms with Gasteiger partial charge in [0, 0.05) is 43.4 Å². The van der Waals surface area contributed by atoms with Crippen LogP contribution >= 0.6 is 11.6 Å². The molecule has 0 radical (unpaired) electrons. The normalized spacial score (nSPS) is 23.4. The Hall–Kier alpha value is -1.42. The van der Waals surface area contributed by atoms with Gasteiger partial charge in [-0.05, 0) is 54.9 Å². The highest BCUT2D eigenvalue weighted by Gasteiger charge is 2.29. The van der Waals surface area contributed by atoms with Crippen LogP contribution in [0, 0.1) is 11.3 Å². The molecule has 0 spiro atoms. The zero-order chi connectivity index (χ0) is 17.2. The van der Waals surface area contributed by atoms with Gasteiger partial charge in [0.2, 0.25) is 0 Å². The van der Waals surface area contributed by atoms with E-state index in [0.717, 1.165) is 57.0 Å². The number of piperidine rings is 1. The Morgan fingerprint density at radius 1 is 1.21 bits per heavy atom. The van der Waals surface area contributed by atoms with Crippen LogP contribution in [-0.4, -0.2) is 43.7 Å². The van der Waals surface area contributed by atoms with Gasteiger partial charge in [0.25, 0.3) is 0 Å². The van der Waals surface area contributed by atoms with Crippen molar-refractivity contribution in [2.45, 2.75) is 33.1 Å². The maximum Gasteiger partial charge on any atom is 0.317 e. The minimum atomic E-state index is 0.107. The maximum atomic E-state index is 12.3. The number of likely N-dealkylation sites (tertiary alicyclic amines) is 1. The van der Waals surface area contributed by atoms with E-state index in [4.69, 9.17) is 11.6 Å². The fraction of sp³-hybridized carbons (Fsp3) is 0.632. The molecule has 1 unspecified atom stereocenters. The van der Waals surface area contributed by atoms with Crippen LogP contribution in [0.25, 0.3) is 0 Å². The van der Waals surface area contributed by atoms with Crippen molar-refractivity contribution >= 4 is 23.3 Å². The molecule has 2 saturated heterocycles. The lowest BCUT2D eigenvalue weighted by atomic mass is 9.83. The molecule has 132 valence electrons. The van der Waals surface area contributed by atoms with Crippen LogP contribution in [0.5, 0.6) is 0 Å². The molecule has 2 amide bonds. The van der Waals surface area contributed by atoms with Crippen LogP contribution < -0.4 is 10.2 Å². The number of nitrogens with one attached hydrogen (secondary N) is 1. The second kappa shape index (κ2) is 7.22. The number of anilines is 1. The van der Waals surface area contributed by atoms with Gasteiger partial charge in [0.05, 0.1) is 0 Å². The van der Waals surface area contributed by atoms with Gasteiger partial charge in [0.15, 0.2) is 0 Å². The second-order valence-corrected chi connectivity index (χ2v) is 8.35. The van der Waals surface area contributed by atoms with Crippen molar-refractivity contribution in [2.75, 3.05) is 37.6 Å². The van der Waals surface area contributed by atoms with E-state index < -0.39 is 0 Å². The Labute approximate surface area is 150 Å². The number of rotatable bonds is 3. The predicted molar refractivity (Wildman–Crippen MR) is 99.8 cm³/mol. The molecule has 2 aliphatic heterocycles. The molecule has 2 fully saturated rings. The second-order valence-electron chi connectivity index (χ2n) is 7.91. The highest BCUT2D eigenvalue weighted by molar-refractivity contribution is 6.30. The highest BCUT2D eigenvalue weighted by atomic mass is 35.5. The van der Waals surface area contributed by atoms with E-state index in [1.807, 2.05) is 17.0 Å². The fourth-order valence-corrected chi connectivity index (χ4v) is 3.67. The smallest absolute Gasteiger partial charge is 0.317 e. The van der Waals surface area contributed by atoms with Crippen LogP contribution in [-0.2, 0) is 0 Å². The standard InChI is InChI=1S/C19H28ClN3O/c1-19(2)8-11-22(12-9-19)18(24)21-13-15-7-10-23(14-15)17-5-3-16(20)4-6-17/h3-6,15H,7-14H2,1-2H3,(H,21,24). The number of carbonyl (C=O) groups excluding carboxylic acids is 1. The maximum absolute atomic E-state index is 12.3. The van der Waals surface area contributed by atoms with Gasteiger partial charge in [-0.1, -0.05) is 25.4 Å². The van der Waals surface area contributed by atoms with E-state index in [9.17, 15) is 4.79 Å². The number of urea groups is 1. The van der Waals surface area contributed by atoms with Crippen molar-refractivity contribution in [2.24, 2.45) is 11.3 Å². The molecule has 0 aromatic heterocycles. The Morgan fingerprint density at radius 2 is 1.88 bits per heavy atom. The summed E-state index contributed by atoms with van der Waals surface area (Å²) in [5.74, 6) is 0.519. The summed E-state index contributed by atoms with van der Waals surface area (Å²) in [7, 11) is 0. The van der Waals surface area contributed by atoms with Gasteiger partial charge in [-0.3, -0.25) is 0 Å². The molecule has 4 nitrogen and oxygen atoms in total. The summed E-state index contributed by atoms with van der Waals surface area (Å²) in [6.45, 7) is 9.12. The van der Waals surface area contributed by atoms with Crippen LogP contribution in [0.1, 0.15) is 33.1 Å². The van der Waals surface area contributed by atoms with E-state index in [0.29, 0.717) is 11.3 Å². The fourth-order valence-electron chi connectivity index (χ4n) is 3.54. The summed E-state index contributed by atoms with van der Waals surface area (Å²) in [5.41, 5.74) is 1.59. The molecule has 2 heterocycles. The minimum absolute atomic E-state index is 0.107. The number of hydrogen-bond donors (Lipinski definition) is 1. The number of carbonyl (C=O) groups is 1. The third-order valence-electron chi connectivity index (χ3n) is 5.42. The quantitative estimate of drug-likeness (QED) is 0.895. The van der Waals surface area contributed by atoms with Gasteiger partial charge < -0.3 is 15.1 Å². The molecular formula is C19H28ClN3O. The van der Waals surface area contributed by atoms with Gasteiger partial charge in [-0.25, -0.2) is 4.79 Å². The molecule has 3 rings (SSSR count). The summed E-state index contributed by atoms with van der Waals surface area (Å²) in [6.07, 6.45) is 3.30. The number of amides is 2. The number of benzene rings is 1. The molecule has 1 aromatic rings. The van der Waals surface area contributed by atoms with E-state index in [1.165, 1.54) is 5.69 Å². The lowest BCUT2D eigenvalue weighted by Crippen LogP contribution is -2.47. The summed E-state index contributed by atoms with van der Waals surface area (Å²) in [6, 6.07) is 8.11. The molecule has 1 atom stereocenters. The Balaban J connectivity index is 1.43. The first kappa shape index (κ1) is 17.4. The van der Waals surface area contributed by atoms with Crippen LogP contribution in [0.3, 0.4) is 0 Å². The molecule has 1 N–H and O–H groups in total. The first-order valence-corrected chi connectivity index (χ1v) is 9.34.